The van der Waals surface area contributed by atoms with Crippen molar-refractivity contribution in [3.8, 4) is 0 Å². The summed E-state index contributed by atoms with van der Waals surface area (Å²) in [4.78, 5) is 13.6. The van der Waals surface area contributed by atoms with Gasteiger partial charge in [0, 0.05) is 19.5 Å². The Morgan fingerprint density at radius 2 is 1.85 bits per heavy atom. The second-order valence-electron chi connectivity index (χ2n) is 4.63. The molecule has 1 saturated heterocycles. The first-order valence-corrected chi connectivity index (χ1v) is 5.54. The van der Waals surface area contributed by atoms with Crippen LogP contribution in [0.4, 0.5) is 0 Å². The third kappa shape index (κ3) is 1.87. The summed E-state index contributed by atoms with van der Waals surface area (Å²) < 4.78 is 0. The number of amides is 1. The number of hydrogen-bond donors (Lipinski definition) is 0. The predicted molar refractivity (Wildman–Crippen MR) is 52.4 cm³/mol. The van der Waals surface area contributed by atoms with E-state index in [2.05, 4.69) is 11.8 Å². The van der Waals surface area contributed by atoms with Crippen LogP contribution in [0.15, 0.2) is 0 Å². The molecule has 0 aromatic carbocycles. The molecule has 1 heterocycles. The molecule has 13 heavy (non-hydrogen) atoms. The number of piperidine rings is 1. The molecular weight excluding hydrogens is 162 g/mol. The van der Waals surface area contributed by atoms with E-state index in [1.54, 1.807) is 0 Å². The molecule has 0 N–H and O–H groups in total. The van der Waals surface area contributed by atoms with E-state index >= 15 is 0 Å². The second kappa shape index (κ2) is 3.32. The van der Waals surface area contributed by atoms with Gasteiger partial charge in [0.05, 0.1) is 0 Å². The molecule has 0 radical (unpaired) electrons. The van der Waals surface area contributed by atoms with Crippen molar-refractivity contribution in [2.24, 2.45) is 5.41 Å². The highest BCUT2D eigenvalue weighted by atomic mass is 16.2. The minimum atomic E-state index is 0.373. The van der Waals surface area contributed by atoms with Gasteiger partial charge in [0.25, 0.3) is 0 Å². The highest BCUT2D eigenvalue weighted by molar-refractivity contribution is 5.76. The third-order valence-electron chi connectivity index (χ3n) is 3.60. The van der Waals surface area contributed by atoms with E-state index < -0.39 is 0 Å². The van der Waals surface area contributed by atoms with Crippen LogP contribution in [-0.2, 0) is 4.79 Å². The van der Waals surface area contributed by atoms with Crippen molar-refractivity contribution in [1.29, 1.82) is 0 Å². The Morgan fingerprint density at radius 3 is 2.31 bits per heavy atom. The van der Waals surface area contributed by atoms with E-state index in [9.17, 15) is 4.79 Å². The molecule has 1 aliphatic heterocycles. The molecule has 0 aromatic rings. The molecule has 1 amide bonds. The first-order valence-electron chi connectivity index (χ1n) is 5.54. The molecule has 2 fully saturated rings. The van der Waals surface area contributed by atoms with Crippen molar-refractivity contribution in [2.75, 3.05) is 13.1 Å². The maximum absolute atomic E-state index is 11.6. The van der Waals surface area contributed by atoms with E-state index in [1.807, 2.05) is 0 Å². The van der Waals surface area contributed by atoms with Crippen LogP contribution in [0.1, 0.15) is 45.4 Å². The fraction of sp³-hybridized carbons (Fsp3) is 0.909. The van der Waals surface area contributed by atoms with Gasteiger partial charge in [-0.3, -0.25) is 4.79 Å². The molecule has 2 heteroatoms. The highest BCUT2D eigenvalue weighted by Gasteiger charge is 2.44. The van der Waals surface area contributed by atoms with Gasteiger partial charge in [0.15, 0.2) is 0 Å². The Morgan fingerprint density at radius 1 is 1.23 bits per heavy atom. The van der Waals surface area contributed by atoms with Gasteiger partial charge in [0.2, 0.25) is 5.91 Å². The summed E-state index contributed by atoms with van der Waals surface area (Å²) in [7, 11) is 0. The summed E-state index contributed by atoms with van der Waals surface area (Å²) in [6.07, 6.45) is 7.10. The highest BCUT2D eigenvalue weighted by Crippen LogP contribution is 2.53. The Kier molecular flexibility index (Phi) is 2.31. The molecule has 1 saturated carbocycles. The van der Waals surface area contributed by atoms with Gasteiger partial charge < -0.3 is 4.90 Å². The Labute approximate surface area is 80.3 Å². The molecule has 0 bridgehead atoms. The average Bonchev–Trinajstić information content (AvgIpc) is 2.87. The van der Waals surface area contributed by atoms with Crippen LogP contribution in [0.3, 0.4) is 0 Å². The summed E-state index contributed by atoms with van der Waals surface area (Å²) >= 11 is 0. The monoisotopic (exact) mass is 181 g/mol. The summed E-state index contributed by atoms with van der Waals surface area (Å²) in [5.41, 5.74) is 0.697. The van der Waals surface area contributed by atoms with Crippen LogP contribution < -0.4 is 0 Å². The molecule has 0 atom stereocenters. The maximum Gasteiger partial charge on any atom is 0.222 e. The van der Waals surface area contributed by atoms with Crippen LogP contribution in [0.2, 0.25) is 0 Å². The molecule has 2 rings (SSSR count). The first-order chi connectivity index (χ1) is 6.26. The minimum Gasteiger partial charge on any atom is -0.343 e. The largest absolute Gasteiger partial charge is 0.343 e. The van der Waals surface area contributed by atoms with Crippen LogP contribution >= 0.6 is 0 Å². The van der Waals surface area contributed by atoms with Gasteiger partial charge in [-0.15, -0.1) is 0 Å². The normalized spacial score (nSPS) is 24.8. The van der Waals surface area contributed by atoms with E-state index in [0.717, 1.165) is 25.9 Å². The van der Waals surface area contributed by atoms with Gasteiger partial charge in [-0.05, 0) is 37.5 Å². The first kappa shape index (κ1) is 9.04. The van der Waals surface area contributed by atoms with Crippen molar-refractivity contribution in [3.05, 3.63) is 0 Å². The van der Waals surface area contributed by atoms with Crippen LogP contribution in [-0.4, -0.2) is 23.9 Å². The number of carbonyl (C=O) groups is 1. The van der Waals surface area contributed by atoms with Gasteiger partial charge in [-0.2, -0.15) is 0 Å². The number of rotatable bonds is 2. The zero-order valence-corrected chi connectivity index (χ0v) is 8.51. The predicted octanol–water partition coefficient (Wildman–Crippen LogP) is 2.19. The third-order valence-corrected chi connectivity index (χ3v) is 3.60. The molecule has 1 aliphatic carbocycles. The zero-order chi connectivity index (χ0) is 9.31. The Balaban J connectivity index is 1.80. The van der Waals surface area contributed by atoms with Crippen molar-refractivity contribution in [3.63, 3.8) is 0 Å². The summed E-state index contributed by atoms with van der Waals surface area (Å²) in [5, 5.41) is 0. The van der Waals surface area contributed by atoms with Crippen LogP contribution in [0.25, 0.3) is 0 Å². The molecule has 2 nitrogen and oxygen atoms in total. The quantitative estimate of drug-likeness (QED) is 0.639. The molecule has 0 unspecified atom stereocenters. The Bertz CT molecular complexity index is 198. The smallest absolute Gasteiger partial charge is 0.222 e. The number of likely N-dealkylation sites (tertiary alicyclic amines) is 1. The number of carbonyl (C=O) groups excluding carboxylic acids is 1. The SMILES string of the molecule is CCCC(=O)N1CCC2(CC1)CC2. The van der Waals surface area contributed by atoms with Gasteiger partial charge in [-0.25, -0.2) is 0 Å². The number of nitrogens with zero attached hydrogens (tertiary/aromatic N) is 1. The summed E-state index contributed by atoms with van der Waals surface area (Å²) in [5.74, 6) is 0.373. The fourth-order valence-corrected chi connectivity index (χ4v) is 2.28. The topological polar surface area (TPSA) is 20.3 Å². The van der Waals surface area contributed by atoms with Crippen molar-refractivity contribution in [1.82, 2.24) is 4.90 Å². The lowest BCUT2D eigenvalue weighted by atomic mass is 9.93. The van der Waals surface area contributed by atoms with Crippen LogP contribution in [0.5, 0.6) is 0 Å². The van der Waals surface area contributed by atoms with Crippen molar-refractivity contribution in [2.45, 2.75) is 45.4 Å². The summed E-state index contributed by atoms with van der Waals surface area (Å²) in [6, 6.07) is 0. The number of hydrogen-bond acceptors (Lipinski definition) is 1. The summed E-state index contributed by atoms with van der Waals surface area (Å²) in [6.45, 7) is 4.13. The average molecular weight is 181 g/mol. The molecule has 74 valence electrons. The Hall–Kier alpha value is -0.530. The van der Waals surface area contributed by atoms with Crippen LogP contribution in [0, 0.1) is 5.41 Å². The van der Waals surface area contributed by atoms with Gasteiger partial charge in [-0.1, -0.05) is 6.92 Å². The fourth-order valence-electron chi connectivity index (χ4n) is 2.28. The standard InChI is InChI=1S/C11H19NO/c1-2-3-10(13)12-8-6-11(4-5-11)7-9-12/h2-9H2,1H3. The van der Waals surface area contributed by atoms with E-state index in [4.69, 9.17) is 0 Å². The molecule has 0 aromatic heterocycles. The molecule has 1 spiro atoms. The van der Waals surface area contributed by atoms with E-state index in [1.165, 1.54) is 25.7 Å². The zero-order valence-electron chi connectivity index (χ0n) is 8.51. The minimum absolute atomic E-state index is 0.373. The van der Waals surface area contributed by atoms with Crippen molar-refractivity contribution < 1.29 is 4.79 Å². The van der Waals surface area contributed by atoms with Gasteiger partial charge in [0.1, 0.15) is 0 Å². The lowest BCUT2D eigenvalue weighted by Gasteiger charge is -2.32. The van der Waals surface area contributed by atoms with Gasteiger partial charge >= 0.3 is 0 Å². The molecule has 2 aliphatic rings. The van der Waals surface area contributed by atoms with E-state index in [0.29, 0.717) is 11.3 Å². The second-order valence-corrected chi connectivity index (χ2v) is 4.63. The van der Waals surface area contributed by atoms with Crippen molar-refractivity contribution >= 4 is 5.91 Å². The van der Waals surface area contributed by atoms with E-state index in [-0.39, 0.29) is 0 Å². The lowest BCUT2D eigenvalue weighted by Crippen LogP contribution is -2.38. The molecular formula is C11H19NO. The maximum atomic E-state index is 11.6. The lowest BCUT2D eigenvalue weighted by molar-refractivity contribution is -0.132.